The van der Waals surface area contributed by atoms with E-state index in [1.165, 1.54) is 11.1 Å². The molecule has 1 aromatic heterocycles. The maximum Gasteiger partial charge on any atom is 0.193 e. The van der Waals surface area contributed by atoms with E-state index in [9.17, 15) is 0 Å². The molecule has 0 saturated carbocycles. The van der Waals surface area contributed by atoms with Crippen molar-refractivity contribution in [1.82, 2.24) is 20.0 Å². The maximum absolute atomic E-state index is 5.64. The topological polar surface area (TPSA) is 54.7 Å². The van der Waals surface area contributed by atoms with Crippen molar-refractivity contribution in [3.05, 3.63) is 53.9 Å². The van der Waals surface area contributed by atoms with Crippen molar-refractivity contribution < 1.29 is 4.74 Å². The van der Waals surface area contributed by atoms with E-state index >= 15 is 0 Å². The second-order valence-corrected chi connectivity index (χ2v) is 6.44. The third-order valence-corrected chi connectivity index (χ3v) is 4.80. The average Bonchev–Trinajstić information content (AvgIpc) is 3.29. The quantitative estimate of drug-likeness (QED) is 0.416. The molecule has 1 saturated heterocycles. The van der Waals surface area contributed by atoms with Crippen LogP contribution in [-0.2, 0) is 11.8 Å². The molecule has 2 unspecified atom stereocenters. The molecule has 1 aliphatic rings. The van der Waals surface area contributed by atoms with Crippen molar-refractivity contribution in [3.8, 4) is 0 Å². The minimum Gasteiger partial charge on any atom is -0.375 e. The molecule has 6 nitrogen and oxygen atoms in total. The summed E-state index contributed by atoms with van der Waals surface area (Å²) in [5, 5.41) is 7.76. The summed E-state index contributed by atoms with van der Waals surface area (Å²) >= 11 is 0. The van der Waals surface area contributed by atoms with Crippen molar-refractivity contribution >= 4 is 29.9 Å². The van der Waals surface area contributed by atoms with Crippen LogP contribution in [-0.4, -0.2) is 54.4 Å². The molecule has 26 heavy (non-hydrogen) atoms. The fourth-order valence-electron chi connectivity index (χ4n) is 3.40. The van der Waals surface area contributed by atoms with Crippen molar-refractivity contribution in [2.45, 2.75) is 18.4 Å². The number of ether oxygens (including phenoxy) is 1. The van der Waals surface area contributed by atoms with Gasteiger partial charge >= 0.3 is 0 Å². The van der Waals surface area contributed by atoms with Crippen LogP contribution in [0.2, 0.25) is 0 Å². The summed E-state index contributed by atoms with van der Waals surface area (Å²) in [5.41, 5.74) is 2.47. The number of nitrogens with zero attached hydrogens (tertiary/aromatic N) is 4. The molecule has 1 N–H and O–H groups in total. The number of aromatic nitrogens is 2. The highest BCUT2D eigenvalue weighted by Crippen LogP contribution is 2.26. The highest BCUT2D eigenvalue weighted by Gasteiger charge is 2.27. The zero-order valence-corrected chi connectivity index (χ0v) is 18.0. The van der Waals surface area contributed by atoms with E-state index in [1.54, 1.807) is 7.11 Å². The first-order chi connectivity index (χ1) is 12.2. The molecular formula is C19H28IN5O. The Labute approximate surface area is 172 Å². The van der Waals surface area contributed by atoms with Crippen LogP contribution in [0, 0.1) is 0 Å². The molecule has 7 heteroatoms. The largest absolute Gasteiger partial charge is 0.375 e. The third-order valence-electron chi connectivity index (χ3n) is 4.80. The smallest absolute Gasteiger partial charge is 0.193 e. The zero-order chi connectivity index (χ0) is 17.6. The minimum absolute atomic E-state index is 0. The fourth-order valence-corrected chi connectivity index (χ4v) is 3.40. The van der Waals surface area contributed by atoms with Crippen LogP contribution in [0.1, 0.15) is 29.6 Å². The average molecular weight is 469 g/mol. The van der Waals surface area contributed by atoms with Gasteiger partial charge in [-0.05, 0) is 17.5 Å². The van der Waals surface area contributed by atoms with Crippen LogP contribution < -0.4 is 5.32 Å². The summed E-state index contributed by atoms with van der Waals surface area (Å²) in [5.74, 6) is 1.45. The van der Waals surface area contributed by atoms with Crippen molar-refractivity contribution in [1.29, 1.82) is 0 Å². The Bertz CT molecular complexity index is 703. The summed E-state index contributed by atoms with van der Waals surface area (Å²) in [6.45, 7) is 2.66. The highest BCUT2D eigenvalue weighted by molar-refractivity contribution is 14.0. The van der Waals surface area contributed by atoms with Crippen LogP contribution in [0.25, 0.3) is 0 Å². The summed E-state index contributed by atoms with van der Waals surface area (Å²) < 4.78 is 7.51. The SMILES string of the molecule is CN=C(NCC(OC)c1ccccc1)N1CCC(c2cnn(C)c2)C1.I. The molecule has 2 aromatic rings. The number of guanidine groups is 1. The first-order valence-corrected chi connectivity index (χ1v) is 8.73. The number of rotatable bonds is 5. The maximum atomic E-state index is 5.64. The van der Waals surface area contributed by atoms with E-state index in [2.05, 4.69) is 38.6 Å². The summed E-state index contributed by atoms with van der Waals surface area (Å²) in [6, 6.07) is 10.3. The molecule has 1 aromatic carbocycles. The lowest BCUT2D eigenvalue weighted by Crippen LogP contribution is -2.41. The Morgan fingerprint density at radius 1 is 1.38 bits per heavy atom. The van der Waals surface area contributed by atoms with Gasteiger partial charge in [0, 0.05) is 53.0 Å². The Kier molecular flexibility index (Phi) is 7.89. The standard InChI is InChI=1S/C19H27N5O.HI/c1-20-19(21-12-18(25-3)15-7-5-4-6-8-15)24-10-9-16(14-24)17-11-22-23(2)13-17;/h4-8,11,13,16,18H,9-10,12,14H2,1-3H3,(H,20,21);1H. The van der Waals surface area contributed by atoms with Crippen molar-refractivity contribution in [3.63, 3.8) is 0 Å². The minimum atomic E-state index is 0. The first kappa shape index (κ1) is 20.7. The van der Waals surface area contributed by atoms with Gasteiger partial charge in [0.15, 0.2) is 5.96 Å². The van der Waals surface area contributed by atoms with Crippen LogP contribution in [0.5, 0.6) is 0 Å². The molecule has 1 aliphatic heterocycles. The molecule has 0 amide bonds. The van der Waals surface area contributed by atoms with Crippen LogP contribution in [0.3, 0.4) is 0 Å². The normalized spacial score (nSPS) is 18.5. The Morgan fingerprint density at radius 2 is 2.15 bits per heavy atom. The number of aryl methyl sites for hydroxylation is 1. The van der Waals surface area contributed by atoms with Crippen LogP contribution >= 0.6 is 24.0 Å². The molecule has 0 radical (unpaired) electrons. The van der Waals surface area contributed by atoms with E-state index in [0.717, 1.165) is 25.5 Å². The van der Waals surface area contributed by atoms with E-state index < -0.39 is 0 Å². The molecule has 3 rings (SSSR count). The van der Waals surface area contributed by atoms with Gasteiger partial charge in [-0.25, -0.2) is 0 Å². The molecular weight excluding hydrogens is 441 g/mol. The zero-order valence-electron chi connectivity index (χ0n) is 15.6. The highest BCUT2D eigenvalue weighted by atomic mass is 127. The molecule has 0 bridgehead atoms. The molecule has 142 valence electrons. The van der Waals surface area contributed by atoms with Gasteiger partial charge in [-0.2, -0.15) is 5.10 Å². The summed E-state index contributed by atoms with van der Waals surface area (Å²) in [6.07, 6.45) is 5.22. The monoisotopic (exact) mass is 469 g/mol. The van der Waals surface area contributed by atoms with Gasteiger partial charge in [-0.15, -0.1) is 24.0 Å². The van der Waals surface area contributed by atoms with E-state index in [0.29, 0.717) is 12.5 Å². The number of nitrogens with one attached hydrogen (secondary N) is 1. The van der Waals surface area contributed by atoms with Gasteiger partial charge in [0.05, 0.1) is 12.3 Å². The Balaban J connectivity index is 0.00000243. The molecule has 1 fully saturated rings. The third kappa shape index (κ3) is 4.97. The second kappa shape index (κ2) is 9.91. The number of halogens is 1. The first-order valence-electron chi connectivity index (χ1n) is 8.73. The number of methoxy groups -OCH3 is 1. The molecule has 2 heterocycles. The lowest BCUT2D eigenvalue weighted by molar-refractivity contribution is 0.106. The lowest BCUT2D eigenvalue weighted by atomic mass is 10.0. The summed E-state index contributed by atoms with van der Waals surface area (Å²) in [7, 11) is 5.55. The lowest BCUT2D eigenvalue weighted by Gasteiger charge is -2.24. The Hall–Kier alpha value is -1.61. The molecule has 0 spiro atoms. The van der Waals surface area contributed by atoms with Crippen molar-refractivity contribution in [2.24, 2.45) is 12.0 Å². The van der Waals surface area contributed by atoms with Crippen molar-refractivity contribution in [2.75, 3.05) is 33.8 Å². The molecule has 0 aliphatic carbocycles. The van der Waals surface area contributed by atoms with E-state index in [4.69, 9.17) is 4.74 Å². The number of likely N-dealkylation sites (tertiary alicyclic amines) is 1. The second-order valence-electron chi connectivity index (χ2n) is 6.44. The Morgan fingerprint density at radius 3 is 2.77 bits per heavy atom. The predicted molar refractivity (Wildman–Crippen MR) is 115 cm³/mol. The van der Waals surface area contributed by atoms with Crippen LogP contribution in [0.4, 0.5) is 0 Å². The number of benzene rings is 1. The fraction of sp³-hybridized carbons (Fsp3) is 0.474. The predicted octanol–water partition coefficient (Wildman–Crippen LogP) is 2.79. The van der Waals surface area contributed by atoms with E-state index in [-0.39, 0.29) is 30.1 Å². The van der Waals surface area contributed by atoms with Gasteiger partial charge < -0.3 is 15.0 Å². The van der Waals surface area contributed by atoms with Gasteiger partial charge in [0.25, 0.3) is 0 Å². The van der Waals surface area contributed by atoms with Gasteiger partial charge in [0.2, 0.25) is 0 Å². The van der Waals surface area contributed by atoms with Gasteiger partial charge in [-0.1, -0.05) is 30.3 Å². The number of aliphatic imine (C=N–C) groups is 1. The van der Waals surface area contributed by atoms with Gasteiger partial charge in [-0.3, -0.25) is 9.67 Å². The molecule has 2 atom stereocenters. The summed E-state index contributed by atoms with van der Waals surface area (Å²) in [4.78, 5) is 6.77. The number of hydrogen-bond acceptors (Lipinski definition) is 3. The number of hydrogen-bond donors (Lipinski definition) is 1. The van der Waals surface area contributed by atoms with Crippen LogP contribution in [0.15, 0.2) is 47.7 Å². The van der Waals surface area contributed by atoms with Gasteiger partial charge in [0.1, 0.15) is 0 Å². The van der Waals surface area contributed by atoms with E-state index in [1.807, 2.05) is 43.2 Å².